The third-order valence-corrected chi connectivity index (χ3v) is 2.74. The Hall–Kier alpha value is -1.10. The third kappa shape index (κ3) is 6.59. The number of likely N-dealkylation sites (N-methyl/N-ethyl adjacent to an activating group) is 1. The normalized spacial score (nSPS) is 14.6. The summed E-state index contributed by atoms with van der Waals surface area (Å²) in [5.41, 5.74) is 5.30. The fourth-order valence-electron chi connectivity index (χ4n) is 1.82. The van der Waals surface area contributed by atoms with Crippen LogP contribution in [0.15, 0.2) is 0 Å². The minimum atomic E-state index is -0.583. The first-order chi connectivity index (χ1) is 8.27. The molecule has 5 nitrogen and oxygen atoms in total. The van der Waals surface area contributed by atoms with E-state index in [1.54, 1.807) is 7.05 Å². The molecule has 0 bridgehead atoms. The van der Waals surface area contributed by atoms with Crippen molar-refractivity contribution in [2.24, 2.45) is 17.6 Å². The third-order valence-electron chi connectivity index (χ3n) is 2.74. The van der Waals surface area contributed by atoms with Crippen LogP contribution in [-0.4, -0.2) is 30.9 Å². The van der Waals surface area contributed by atoms with Crippen LogP contribution in [0.2, 0.25) is 0 Å². The molecule has 0 spiro atoms. The number of hydrogen-bond donors (Lipinski definition) is 3. The SMILES string of the molecule is CN[C@@H](CC(C)C)C(=O)N[C@@H](CC(C)C)C(N)=O. The Kier molecular flexibility index (Phi) is 7.59. The van der Waals surface area contributed by atoms with Gasteiger partial charge in [0.2, 0.25) is 11.8 Å². The van der Waals surface area contributed by atoms with Crippen molar-refractivity contribution in [1.29, 1.82) is 0 Å². The largest absolute Gasteiger partial charge is 0.368 e. The van der Waals surface area contributed by atoms with Gasteiger partial charge in [0.1, 0.15) is 6.04 Å². The van der Waals surface area contributed by atoms with Gasteiger partial charge in [0, 0.05) is 0 Å². The Bertz CT molecular complexity index is 277. The summed E-state index contributed by atoms with van der Waals surface area (Å²) in [5, 5.41) is 5.69. The number of primary amides is 1. The van der Waals surface area contributed by atoms with Crippen LogP contribution in [0.3, 0.4) is 0 Å². The van der Waals surface area contributed by atoms with Crippen molar-refractivity contribution < 1.29 is 9.59 Å². The summed E-state index contributed by atoms with van der Waals surface area (Å²) in [6.45, 7) is 8.09. The van der Waals surface area contributed by atoms with E-state index >= 15 is 0 Å². The molecule has 0 saturated heterocycles. The van der Waals surface area contributed by atoms with Gasteiger partial charge in [-0.05, 0) is 31.7 Å². The second-order valence-corrected chi connectivity index (χ2v) is 5.56. The molecule has 2 amide bonds. The highest BCUT2D eigenvalue weighted by molar-refractivity contribution is 5.88. The molecule has 0 saturated carbocycles. The fourth-order valence-corrected chi connectivity index (χ4v) is 1.82. The first-order valence-electron chi connectivity index (χ1n) is 6.54. The monoisotopic (exact) mass is 257 g/mol. The molecule has 0 fully saturated rings. The molecule has 5 heteroatoms. The van der Waals surface area contributed by atoms with Gasteiger partial charge in [0.15, 0.2) is 0 Å². The quantitative estimate of drug-likeness (QED) is 0.596. The van der Waals surface area contributed by atoms with Crippen molar-refractivity contribution in [3.05, 3.63) is 0 Å². The molecule has 0 aliphatic carbocycles. The fraction of sp³-hybridized carbons (Fsp3) is 0.846. The Balaban J connectivity index is 4.51. The van der Waals surface area contributed by atoms with Crippen molar-refractivity contribution in [3.8, 4) is 0 Å². The van der Waals surface area contributed by atoms with Gasteiger partial charge >= 0.3 is 0 Å². The van der Waals surface area contributed by atoms with Crippen molar-refractivity contribution in [2.75, 3.05) is 7.05 Å². The number of nitrogens with two attached hydrogens (primary N) is 1. The topological polar surface area (TPSA) is 84.2 Å². The maximum absolute atomic E-state index is 12.0. The molecule has 0 aromatic rings. The number of carbonyl (C=O) groups excluding carboxylic acids is 2. The van der Waals surface area contributed by atoms with Gasteiger partial charge in [0.05, 0.1) is 6.04 Å². The summed E-state index contributed by atoms with van der Waals surface area (Å²) in [7, 11) is 1.74. The average molecular weight is 257 g/mol. The maximum atomic E-state index is 12.0. The molecule has 4 N–H and O–H groups in total. The number of nitrogens with one attached hydrogen (secondary N) is 2. The summed E-state index contributed by atoms with van der Waals surface area (Å²) in [4.78, 5) is 23.3. The van der Waals surface area contributed by atoms with Crippen LogP contribution in [0.4, 0.5) is 0 Å². The summed E-state index contributed by atoms with van der Waals surface area (Å²) >= 11 is 0. The number of rotatable bonds is 8. The Morgan fingerprint density at radius 2 is 1.44 bits per heavy atom. The molecule has 0 aromatic heterocycles. The van der Waals surface area contributed by atoms with Crippen molar-refractivity contribution in [1.82, 2.24) is 10.6 Å². The second-order valence-electron chi connectivity index (χ2n) is 5.56. The number of amides is 2. The molecule has 0 aliphatic heterocycles. The van der Waals surface area contributed by atoms with Crippen LogP contribution in [0.25, 0.3) is 0 Å². The van der Waals surface area contributed by atoms with E-state index in [9.17, 15) is 9.59 Å². The van der Waals surface area contributed by atoms with Gasteiger partial charge in [-0.25, -0.2) is 0 Å². The summed E-state index contributed by atoms with van der Waals surface area (Å²) in [6, 6.07) is -0.862. The van der Waals surface area contributed by atoms with Crippen LogP contribution in [-0.2, 0) is 9.59 Å². The van der Waals surface area contributed by atoms with Gasteiger partial charge in [-0.3, -0.25) is 9.59 Å². The van der Waals surface area contributed by atoms with Crippen molar-refractivity contribution >= 4 is 11.8 Å². The van der Waals surface area contributed by atoms with Gasteiger partial charge in [-0.2, -0.15) is 0 Å². The van der Waals surface area contributed by atoms with E-state index in [1.807, 2.05) is 13.8 Å². The lowest BCUT2D eigenvalue weighted by molar-refractivity contribution is -0.129. The van der Waals surface area contributed by atoms with E-state index in [2.05, 4.69) is 24.5 Å². The number of hydrogen-bond acceptors (Lipinski definition) is 3. The van der Waals surface area contributed by atoms with Crippen molar-refractivity contribution in [3.63, 3.8) is 0 Å². The highest BCUT2D eigenvalue weighted by Gasteiger charge is 2.24. The summed E-state index contributed by atoms with van der Waals surface area (Å²) in [6.07, 6.45) is 1.30. The van der Waals surface area contributed by atoms with E-state index in [0.29, 0.717) is 18.3 Å². The van der Waals surface area contributed by atoms with E-state index in [1.165, 1.54) is 0 Å². The smallest absolute Gasteiger partial charge is 0.240 e. The van der Waals surface area contributed by atoms with E-state index < -0.39 is 11.9 Å². The molecule has 0 unspecified atom stereocenters. The molecule has 0 heterocycles. The molecule has 106 valence electrons. The Morgan fingerprint density at radius 3 is 1.78 bits per heavy atom. The van der Waals surface area contributed by atoms with E-state index in [4.69, 9.17) is 5.73 Å². The van der Waals surface area contributed by atoms with Crippen LogP contribution >= 0.6 is 0 Å². The van der Waals surface area contributed by atoms with E-state index in [-0.39, 0.29) is 11.9 Å². The first-order valence-corrected chi connectivity index (χ1v) is 6.54. The molecular formula is C13H27N3O2. The summed E-state index contributed by atoms with van der Waals surface area (Å²) < 4.78 is 0. The lowest BCUT2D eigenvalue weighted by atomic mass is 10.0. The highest BCUT2D eigenvalue weighted by Crippen LogP contribution is 2.07. The summed E-state index contributed by atoms with van der Waals surface area (Å²) in [5.74, 6) is 0.0818. The zero-order valence-electron chi connectivity index (χ0n) is 12.1. The molecule has 18 heavy (non-hydrogen) atoms. The maximum Gasteiger partial charge on any atom is 0.240 e. The van der Waals surface area contributed by atoms with Gasteiger partial charge < -0.3 is 16.4 Å². The van der Waals surface area contributed by atoms with Crippen LogP contribution in [0.1, 0.15) is 40.5 Å². The standard InChI is InChI=1S/C13H27N3O2/c1-8(2)6-10(12(14)17)16-13(18)11(15-5)7-9(3)4/h8-11,15H,6-7H2,1-5H3,(H2,14,17)(H,16,18)/t10-,11-/m0/s1. The van der Waals surface area contributed by atoms with Crippen LogP contribution in [0.5, 0.6) is 0 Å². The predicted molar refractivity (Wildman–Crippen MR) is 72.9 cm³/mol. The van der Waals surface area contributed by atoms with Gasteiger partial charge in [-0.15, -0.1) is 0 Å². The van der Waals surface area contributed by atoms with Crippen LogP contribution in [0, 0.1) is 11.8 Å². The Labute approximate surface area is 110 Å². The second kappa shape index (κ2) is 8.08. The Morgan fingerprint density at radius 1 is 1.00 bits per heavy atom. The highest BCUT2D eigenvalue weighted by atomic mass is 16.2. The van der Waals surface area contributed by atoms with Gasteiger partial charge in [-0.1, -0.05) is 27.7 Å². The molecule has 0 aromatic carbocycles. The molecule has 0 aliphatic rings. The average Bonchev–Trinajstić information content (AvgIpc) is 2.23. The lowest BCUT2D eigenvalue weighted by Gasteiger charge is -2.22. The molecule has 0 radical (unpaired) electrons. The lowest BCUT2D eigenvalue weighted by Crippen LogP contribution is -2.51. The van der Waals surface area contributed by atoms with Crippen molar-refractivity contribution in [2.45, 2.75) is 52.6 Å². The molecule has 2 atom stereocenters. The molecule has 0 rings (SSSR count). The zero-order chi connectivity index (χ0) is 14.3. The van der Waals surface area contributed by atoms with Gasteiger partial charge in [0.25, 0.3) is 0 Å². The predicted octanol–water partition coefficient (Wildman–Crippen LogP) is 0.637. The van der Waals surface area contributed by atoms with Crippen LogP contribution < -0.4 is 16.4 Å². The minimum absolute atomic E-state index is 0.157. The first kappa shape index (κ1) is 16.9. The minimum Gasteiger partial charge on any atom is -0.368 e. The van der Waals surface area contributed by atoms with E-state index in [0.717, 1.165) is 6.42 Å². The molecular weight excluding hydrogens is 230 g/mol. The zero-order valence-corrected chi connectivity index (χ0v) is 12.1. The number of carbonyl (C=O) groups is 2.